The maximum absolute atomic E-state index is 5.37. The molecule has 0 aromatic rings. The van der Waals surface area contributed by atoms with Gasteiger partial charge in [-0.3, -0.25) is 9.83 Å². The van der Waals surface area contributed by atoms with Crippen LogP contribution in [0.15, 0.2) is 10.1 Å². The summed E-state index contributed by atoms with van der Waals surface area (Å²) in [6.07, 6.45) is 1.63. The zero-order valence-electron chi connectivity index (χ0n) is 10.2. The van der Waals surface area contributed by atoms with Gasteiger partial charge in [0, 0.05) is 0 Å². The van der Waals surface area contributed by atoms with Gasteiger partial charge in [-0.1, -0.05) is 5.16 Å². The van der Waals surface area contributed by atoms with Crippen LogP contribution >= 0.6 is 0 Å². The van der Waals surface area contributed by atoms with E-state index in [1.807, 2.05) is 32.8 Å². The van der Waals surface area contributed by atoms with Crippen LogP contribution in [-0.4, -0.2) is 42.4 Å². The van der Waals surface area contributed by atoms with Gasteiger partial charge in [0.05, 0.1) is 24.6 Å². The van der Waals surface area contributed by atoms with E-state index in [0.29, 0.717) is 0 Å². The van der Waals surface area contributed by atoms with E-state index in [0.717, 1.165) is 5.71 Å². The third-order valence-electron chi connectivity index (χ3n) is 2.49. The van der Waals surface area contributed by atoms with E-state index in [1.165, 1.54) is 7.11 Å². The highest BCUT2D eigenvalue weighted by molar-refractivity contribution is 6.35. The molecule has 0 aromatic carbocycles. The van der Waals surface area contributed by atoms with Gasteiger partial charge < -0.3 is 4.84 Å². The molecule has 86 valence electrons. The molecule has 0 aromatic heterocycles. The van der Waals surface area contributed by atoms with Gasteiger partial charge in [-0.05, 0) is 27.7 Å². The molecule has 0 aliphatic carbocycles. The van der Waals surface area contributed by atoms with E-state index >= 15 is 0 Å². The van der Waals surface area contributed by atoms with Crippen molar-refractivity contribution in [1.29, 1.82) is 0 Å². The minimum atomic E-state index is -0.382. The molecule has 1 rings (SSSR count). The lowest BCUT2D eigenvalue weighted by atomic mass is 9.99. The molecule has 0 saturated heterocycles. The van der Waals surface area contributed by atoms with Gasteiger partial charge in [0.1, 0.15) is 12.8 Å². The molecule has 5 heteroatoms. The lowest BCUT2D eigenvalue weighted by Gasteiger charge is -2.36. The molecule has 0 fully saturated rings. The topological polar surface area (TPSA) is 46.4 Å². The van der Waals surface area contributed by atoms with Crippen LogP contribution in [0.5, 0.6) is 0 Å². The Labute approximate surface area is 90.7 Å². The fraction of sp³-hybridized carbons (Fsp3) is 0.800. The highest BCUT2D eigenvalue weighted by Crippen LogP contribution is 2.34. The monoisotopic (exact) mass is 213 g/mol. The largest absolute Gasteiger partial charge is 0.399 e. The van der Waals surface area contributed by atoms with Crippen LogP contribution < -0.4 is 0 Å². The van der Waals surface area contributed by atoms with Gasteiger partial charge in [-0.2, -0.15) is 5.06 Å². The number of rotatable bonds is 3. The van der Waals surface area contributed by atoms with Crippen LogP contribution in [-0.2, 0) is 9.68 Å². The summed E-state index contributed by atoms with van der Waals surface area (Å²) < 4.78 is 0. The Morgan fingerprint density at radius 3 is 2.27 bits per heavy atom. The van der Waals surface area contributed by atoms with Crippen molar-refractivity contribution >= 4 is 11.9 Å². The van der Waals surface area contributed by atoms with E-state index in [9.17, 15) is 0 Å². The van der Waals surface area contributed by atoms with Gasteiger partial charge in [-0.15, -0.1) is 0 Å². The van der Waals surface area contributed by atoms with Gasteiger partial charge in [0.25, 0.3) is 0 Å². The standard InChI is InChI=1S/C10H19N3O2/c1-9(2)8(7-11-14-5)12-10(3,4)13(9)15-6/h7H,1-6H3/b11-7+. The molecule has 5 nitrogen and oxygen atoms in total. The van der Waals surface area contributed by atoms with Crippen molar-refractivity contribution in [2.24, 2.45) is 10.1 Å². The predicted octanol–water partition coefficient (Wildman–Crippen LogP) is 1.45. The van der Waals surface area contributed by atoms with Crippen LogP contribution in [0.1, 0.15) is 27.7 Å². The SMILES string of the molecule is CO/N=C/C1=NC(C)(C)N(OC)C1(C)C. The van der Waals surface area contributed by atoms with E-state index in [-0.39, 0.29) is 11.2 Å². The molecule has 1 aliphatic heterocycles. The number of hydroxylamine groups is 2. The summed E-state index contributed by atoms with van der Waals surface area (Å²) in [5, 5.41) is 5.59. The summed E-state index contributed by atoms with van der Waals surface area (Å²) in [7, 11) is 3.16. The van der Waals surface area contributed by atoms with Crippen LogP contribution in [0.3, 0.4) is 0 Å². The molecular weight excluding hydrogens is 194 g/mol. The maximum Gasteiger partial charge on any atom is 0.131 e. The number of oxime groups is 1. The minimum absolute atomic E-state index is 0.305. The Hall–Kier alpha value is -0.940. The molecule has 0 amide bonds. The summed E-state index contributed by atoms with van der Waals surface area (Å²) in [4.78, 5) is 14.6. The Balaban J connectivity index is 3.03. The molecule has 0 spiro atoms. The number of hydrogen-bond donors (Lipinski definition) is 0. The second-order valence-corrected chi connectivity index (χ2v) is 4.44. The number of nitrogens with zero attached hydrogens (tertiary/aromatic N) is 3. The second kappa shape index (κ2) is 3.90. The Bertz CT molecular complexity index is 295. The van der Waals surface area contributed by atoms with Gasteiger partial charge in [-0.25, -0.2) is 0 Å². The van der Waals surface area contributed by atoms with Crippen molar-refractivity contribution in [3.63, 3.8) is 0 Å². The first-order valence-electron chi connectivity index (χ1n) is 4.87. The highest BCUT2D eigenvalue weighted by Gasteiger charge is 2.47. The Kier molecular flexibility index (Phi) is 3.16. The summed E-state index contributed by atoms with van der Waals surface area (Å²) in [5.74, 6) is 0. The first kappa shape index (κ1) is 12.1. The lowest BCUT2D eigenvalue weighted by Crippen LogP contribution is -2.51. The first-order valence-corrected chi connectivity index (χ1v) is 4.87. The maximum atomic E-state index is 5.37. The second-order valence-electron chi connectivity index (χ2n) is 4.44. The summed E-state index contributed by atoms with van der Waals surface area (Å²) in [5.41, 5.74) is 0.157. The third kappa shape index (κ3) is 2.03. The fourth-order valence-corrected chi connectivity index (χ4v) is 2.01. The van der Waals surface area contributed by atoms with Crippen molar-refractivity contribution < 1.29 is 9.68 Å². The minimum Gasteiger partial charge on any atom is -0.399 e. The summed E-state index contributed by atoms with van der Waals surface area (Å²) in [6, 6.07) is 0. The summed E-state index contributed by atoms with van der Waals surface area (Å²) >= 11 is 0. The van der Waals surface area contributed by atoms with Crippen LogP contribution in [0.4, 0.5) is 0 Å². The summed E-state index contributed by atoms with van der Waals surface area (Å²) in [6.45, 7) is 8.05. The Morgan fingerprint density at radius 2 is 1.87 bits per heavy atom. The van der Waals surface area contributed by atoms with Crippen LogP contribution in [0, 0.1) is 0 Å². The van der Waals surface area contributed by atoms with Gasteiger partial charge in [0.2, 0.25) is 0 Å². The first-order chi connectivity index (χ1) is 6.86. The van der Waals surface area contributed by atoms with Gasteiger partial charge >= 0.3 is 0 Å². The van der Waals surface area contributed by atoms with Gasteiger partial charge in [0.15, 0.2) is 0 Å². The quantitative estimate of drug-likeness (QED) is 0.526. The molecule has 0 bridgehead atoms. The molecule has 15 heavy (non-hydrogen) atoms. The van der Waals surface area contributed by atoms with E-state index in [4.69, 9.17) is 4.84 Å². The molecule has 0 N–H and O–H groups in total. The number of hydrogen-bond acceptors (Lipinski definition) is 5. The van der Waals surface area contributed by atoms with E-state index < -0.39 is 0 Å². The average Bonchev–Trinajstić information content (AvgIpc) is 2.28. The molecule has 0 unspecified atom stereocenters. The highest BCUT2D eigenvalue weighted by atomic mass is 16.7. The van der Waals surface area contributed by atoms with Crippen LogP contribution in [0.2, 0.25) is 0 Å². The average molecular weight is 213 g/mol. The zero-order valence-corrected chi connectivity index (χ0v) is 10.2. The van der Waals surface area contributed by atoms with Crippen molar-refractivity contribution in [2.75, 3.05) is 14.2 Å². The normalized spacial score (nSPS) is 24.5. The predicted molar refractivity (Wildman–Crippen MR) is 59.9 cm³/mol. The van der Waals surface area contributed by atoms with Crippen molar-refractivity contribution in [3.8, 4) is 0 Å². The van der Waals surface area contributed by atoms with Crippen molar-refractivity contribution in [1.82, 2.24) is 5.06 Å². The molecule has 1 aliphatic rings. The zero-order chi connectivity index (χ0) is 11.7. The van der Waals surface area contributed by atoms with Crippen LogP contribution in [0.25, 0.3) is 0 Å². The molecule has 0 saturated carbocycles. The smallest absolute Gasteiger partial charge is 0.131 e. The van der Waals surface area contributed by atoms with E-state index in [1.54, 1.807) is 13.3 Å². The fourth-order valence-electron chi connectivity index (χ4n) is 2.01. The van der Waals surface area contributed by atoms with E-state index in [2.05, 4.69) is 15.0 Å². The number of aliphatic imine (C=N–C) groups is 1. The molecular formula is C10H19N3O2. The lowest BCUT2D eigenvalue weighted by molar-refractivity contribution is -0.215. The van der Waals surface area contributed by atoms with Crippen molar-refractivity contribution in [2.45, 2.75) is 38.9 Å². The molecule has 1 heterocycles. The third-order valence-corrected chi connectivity index (χ3v) is 2.49. The molecule has 0 radical (unpaired) electrons. The Morgan fingerprint density at radius 1 is 1.27 bits per heavy atom. The van der Waals surface area contributed by atoms with Crippen molar-refractivity contribution in [3.05, 3.63) is 0 Å². The molecule has 0 atom stereocenters.